The first-order chi connectivity index (χ1) is 17.1. The zero-order valence-electron chi connectivity index (χ0n) is 21.8. The Bertz CT molecular complexity index is 1010. The minimum atomic E-state index is 0.137. The average Bonchev–Trinajstić information content (AvgIpc) is 2.90. The Kier molecular flexibility index (Phi) is 9.14. The highest BCUT2D eigenvalue weighted by Crippen LogP contribution is 2.37. The van der Waals surface area contributed by atoms with Crippen molar-refractivity contribution in [3.63, 3.8) is 0 Å². The monoisotopic (exact) mass is 470 g/mol. The smallest absolute Gasteiger partial charge is 0.0829 e. The quantitative estimate of drug-likeness (QED) is 0.295. The molecule has 1 saturated heterocycles. The standard InChI is InChI=1S/C32H42N2O/c1-4-5-19-31(29-15-8-6-9-16-29)35-26-28-14-12-13-27(24-28)25-34-22-20-32(21-23-34,33(2)3)30-17-10-7-11-18-30/h6-18,24,31H,4-5,19-23,25-26H2,1-3H3. The lowest BCUT2D eigenvalue weighted by Gasteiger charge is -2.46. The number of ether oxygens (including phenoxy) is 1. The number of likely N-dealkylation sites (tertiary alicyclic amines) is 1. The van der Waals surface area contributed by atoms with Crippen LogP contribution in [0.2, 0.25) is 0 Å². The second kappa shape index (κ2) is 12.5. The van der Waals surface area contributed by atoms with Crippen LogP contribution in [0.5, 0.6) is 0 Å². The van der Waals surface area contributed by atoms with Crippen LogP contribution in [0.3, 0.4) is 0 Å². The summed E-state index contributed by atoms with van der Waals surface area (Å²) in [6.07, 6.45) is 5.93. The molecule has 0 radical (unpaired) electrons. The highest BCUT2D eigenvalue weighted by atomic mass is 16.5. The fraction of sp³-hybridized carbons (Fsp3) is 0.438. The summed E-state index contributed by atoms with van der Waals surface area (Å²) in [5.74, 6) is 0. The summed E-state index contributed by atoms with van der Waals surface area (Å²) < 4.78 is 6.44. The van der Waals surface area contributed by atoms with Gasteiger partial charge < -0.3 is 4.74 Å². The Hall–Kier alpha value is -2.46. The molecule has 35 heavy (non-hydrogen) atoms. The molecule has 3 aromatic rings. The molecule has 3 nitrogen and oxygen atoms in total. The maximum atomic E-state index is 6.44. The van der Waals surface area contributed by atoms with E-state index in [0.717, 1.165) is 38.9 Å². The molecule has 0 N–H and O–H groups in total. The van der Waals surface area contributed by atoms with Gasteiger partial charge in [0.05, 0.1) is 12.7 Å². The van der Waals surface area contributed by atoms with Crippen molar-refractivity contribution < 1.29 is 4.74 Å². The second-order valence-corrected chi connectivity index (χ2v) is 10.2. The first-order valence-electron chi connectivity index (χ1n) is 13.3. The third-order valence-electron chi connectivity index (χ3n) is 7.69. The number of nitrogens with zero attached hydrogens (tertiary/aromatic N) is 2. The molecule has 0 bridgehead atoms. The lowest BCUT2D eigenvalue weighted by atomic mass is 9.79. The molecule has 3 aromatic carbocycles. The zero-order valence-corrected chi connectivity index (χ0v) is 21.8. The van der Waals surface area contributed by atoms with E-state index in [0.29, 0.717) is 6.61 Å². The Morgan fingerprint density at radius 2 is 1.51 bits per heavy atom. The molecule has 0 saturated carbocycles. The van der Waals surface area contributed by atoms with Gasteiger partial charge in [-0.3, -0.25) is 9.80 Å². The Morgan fingerprint density at radius 3 is 2.17 bits per heavy atom. The number of piperidine rings is 1. The maximum absolute atomic E-state index is 6.44. The summed E-state index contributed by atoms with van der Waals surface area (Å²) in [5.41, 5.74) is 5.52. The fourth-order valence-electron chi connectivity index (χ4n) is 5.50. The van der Waals surface area contributed by atoms with Crippen LogP contribution >= 0.6 is 0 Å². The first-order valence-corrected chi connectivity index (χ1v) is 13.3. The summed E-state index contributed by atoms with van der Waals surface area (Å²) in [5, 5.41) is 0. The second-order valence-electron chi connectivity index (χ2n) is 10.2. The Balaban J connectivity index is 1.36. The van der Waals surface area contributed by atoms with Crippen molar-refractivity contribution in [3.05, 3.63) is 107 Å². The first kappa shape index (κ1) is 25.6. The van der Waals surface area contributed by atoms with Crippen LogP contribution in [0.15, 0.2) is 84.9 Å². The molecule has 0 aromatic heterocycles. The van der Waals surface area contributed by atoms with Gasteiger partial charge in [-0.2, -0.15) is 0 Å². The molecule has 1 fully saturated rings. The van der Waals surface area contributed by atoms with Crippen LogP contribution in [-0.4, -0.2) is 37.0 Å². The Labute approximate surface area is 212 Å². The van der Waals surface area contributed by atoms with Crippen molar-refractivity contribution in [1.82, 2.24) is 9.80 Å². The molecule has 0 spiro atoms. The molecule has 1 atom stereocenters. The normalized spacial score (nSPS) is 16.9. The molecule has 186 valence electrons. The third-order valence-corrected chi connectivity index (χ3v) is 7.69. The van der Waals surface area contributed by atoms with Gasteiger partial charge in [-0.05, 0) is 55.6 Å². The third kappa shape index (κ3) is 6.61. The molecule has 1 unspecified atom stereocenters. The van der Waals surface area contributed by atoms with E-state index >= 15 is 0 Å². The lowest BCUT2D eigenvalue weighted by molar-refractivity contribution is 0.0323. The number of unbranched alkanes of at least 4 members (excludes halogenated alkanes) is 1. The van der Waals surface area contributed by atoms with E-state index < -0.39 is 0 Å². The van der Waals surface area contributed by atoms with Crippen LogP contribution in [0.25, 0.3) is 0 Å². The fourth-order valence-corrected chi connectivity index (χ4v) is 5.50. The largest absolute Gasteiger partial charge is 0.369 e. The molecule has 1 aliphatic heterocycles. The number of rotatable bonds is 11. The molecule has 4 rings (SSSR count). The lowest BCUT2D eigenvalue weighted by Crippen LogP contribution is -2.50. The summed E-state index contributed by atoms with van der Waals surface area (Å²) in [6, 6.07) is 30.7. The zero-order chi connectivity index (χ0) is 24.5. The van der Waals surface area contributed by atoms with Crippen LogP contribution in [-0.2, 0) is 23.4 Å². The Morgan fingerprint density at radius 1 is 0.857 bits per heavy atom. The van der Waals surface area contributed by atoms with E-state index in [1.165, 1.54) is 35.1 Å². The van der Waals surface area contributed by atoms with Gasteiger partial charge in [-0.15, -0.1) is 0 Å². The predicted octanol–water partition coefficient (Wildman–Crippen LogP) is 7.19. The highest BCUT2D eigenvalue weighted by molar-refractivity contribution is 5.27. The predicted molar refractivity (Wildman–Crippen MR) is 146 cm³/mol. The van der Waals surface area contributed by atoms with E-state index in [-0.39, 0.29) is 11.6 Å². The van der Waals surface area contributed by atoms with Crippen molar-refractivity contribution in [2.24, 2.45) is 0 Å². The van der Waals surface area contributed by atoms with Crippen molar-refractivity contribution >= 4 is 0 Å². The summed E-state index contributed by atoms with van der Waals surface area (Å²) in [6.45, 7) is 6.13. The number of hydrogen-bond donors (Lipinski definition) is 0. The SMILES string of the molecule is CCCCC(OCc1cccc(CN2CCC(c3ccccc3)(N(C)C)CC2)c1)c1ccccc1. The minimum Gasteiger partial charge on any atom is -0.369 e. The van der Waals surface area contributed by atoms with Crippen molar-refractivity contribution in [3.8, 4) is 0 Å². The van der Waals surface area contributed by atoms with E-state index in [2.05, 4.69) is 116 Å². The van der Waals surface area contributed by atoms with Crippen LogP contribution in [0.1, 0.15) is 67.4 Å². The van der Waals surface area contributed by atoms with E-state index in [1.807, 2.05) is 0 Å². The molecular formula is C32H42N2O. The summed E-state index contributed by atoms with van der Waals surface area (Å²) in [7, 11) is 4.46. The maximum Gasteiger partial charge on any atom is 0.0829 e. The summed E-state index contributed by atoms with van der Waals surface area (Å²) in [4.78, 5) is 5.04. The topological polar surface area (TPSA) is 15.7 Å². The van der Waals surface area contributed by atoms with Crippen LogP contribution in [0, 0.1) is 0 Å². The van der Waals surface area contributed by atoms with Gasteiger partial charge in [0.25, 0.3) is 0 Å². The van der Waals surface area contributed by atoms with E-state index in [1.54, 1.807) is 0 Å². The van der Waals surface area contributed by atoms with Gasteiger partial charge in [0.2, 0.25) is 0 Å². The number of hydrogen-bond acceptors (Lipinski definition) is 3. The molecule has 0 aliphatic carbocycles. The summed E-state index contributed by atoms with van der Waals surface area (Å²) >= 11 is 0. The molecular weight excluding hydrogens is 428 g/mol. The van der Waals surface area contributed by atoms with Crippen LogP contribution in [0.4, 0.5) is 0 Å². The van der Waals surface area contributed by atoms with E-state index in [4.69, 9.17) is 4.74 Å². The molecule has 3 heteroatoms. The van der Waals surface area contributed by atoms with Gasteiger partial charge in [0.15, 0.2) is 0 Å². The van der Waals surface area contributed by atoms with Crippen molar-refractivity contribution in [2.45, 2.75) is 63.8 Å². The van der Waals surface area contributed by atoms with Gasteiger partial charge in [0, 0.05) is 25.2 Å². The van der Waals surface area contributed by atoms with E-state index in [9.17, 15) is 0 Å². The number of benzene rings is 3. The van der Waals surface area contributed by atoms with Crippen molar-refractivity contribution in [2.75, 3.05) is 27.2 Å². The molecule has 1 aliphatic rings. The minimum absolute atomic E-state index is 0.137. The van der Waals surface area contributed by atoms with Gasteiger partial charge in [-0.25, -0.2) is 0 Å². The van der Waals surface area contributed by atoms with Gasteiger partial charge >= 0.3 is 0 Å². The highest BCUT2D eigenvalue weighted by Gasteiger charge is 2.37. The van der Waals surface area contributed by atoms with Gasteiger partial charge in [0.1, 0.15) is 0 Å². The van der Waals surface area contributed by atoms with Crippen molar-refractivity contribution in [1.29, 1.82) is 0 Å². The molecule has 0 amide bonds. The average molecular weight is 471 g/mol. The molecule has 1 heterocycles. The van der Waals surface area contributed by atoms with Gasteiger partial charge in [-0.1, -0.05) is 105 Å². The van der Waals surface area contributed by atoms with Crippen LogP contribution < -0.4 is 0 Å².